The molecule has 6 heteroatoms. The molecule has 3 unspecified atom stereocenters. The maximum Gasteiger partial charge on any atom is 0.251 e. The van der Waals surface area contributed by atoms with E-state index in [2.05, 4.69) is 36.4 Å². The van der Waals surface area contributed by atoms with Crippen molar-refractivity contribution >= 4 is 5.91 Å². The molecule has 3 atom stereocenters. The van der Waals surface area contributed by atoms with E-state index in [1.54, 1.807) is 24.5 Å². The van der Waals surface area contributed by atoms with E-state index in [1.807, 2.05) is 0 Å². The molecule has 6 nitrogen and oxygen atoms in total. The second-order valence-electron chi connectivity index (χ2n) is 6.86. The molecular weight excluding hydrogens is 282 g/mol. The van der Waals surface area contributed by atoms with Crippen LogP contribution in [0.2, 0.25) is 0 Å². The van der Waals surface area contributed by atoms with Gasteiger partial charge in [-0.3, -0.25) is 9.78 Å². The number of hydrogen-bond acceptors (Lipinski definition) is 5. The minimum atomic E-state index is -0.625. The third-order valence-electron chi connectivity index (χ3n) is 3.58. The van der Waals surface area contributed by atoms with Crippen LogP contribution in [0.15, 0.2) is 24.5 Å². The molecule has 0 spiro atoms. The van der Waals surface area contributed by atoms with E-state index in [0.717, 1.165) is 6.54 Å². The number of amides is 1. The summed E-state index contributed by atoms with van der Waals surface area (Å²) in [5.41, 5.74) is 0.692. The molecule has 2 heterocycles. The van der Waals surface area contributed by atoms with E-state index >= 15 is 0 Å². The summed E-state index contributed by atoms with van der Waals surface area (Å²) >= 11 is 0. The molecule has 2 rings (SSSR count). The van der Waals surface area contributed by atoms with Crippen molar-refractivity contribution in [2.24, 2.45) is 5.41 Å². The number of ether oxygens (including phenoxy) is 1. The summed E-state index contributed by atoms with van der Waals surface area (Å²) in [4.78, 5) is 15.8. The largest absolute Gasteiger partial charge is 0.389 e. The van der Waals surface area contributed by atoms with Crippen molar-refractivity contribution in [1.82, 2.24) is 15.6 Å². The van der Waals surface area contributed by atoms with Crippen molar-refractivity contribution in [3.8, 4) is 0 Å². The molecule has 0 saturated carbocycles. The van der Waals surface area contributed by atoms with E-state index in [1.165, 1.54) is 0 Å². The fourth-order valence-electron chi connectivity index (χ4n) is 2.28. The van der Waals surface area contributed by atoms with Crippen molar-refractivity contribution in [2.75, 3.05) is 19.7 Å². The maximum atomic E-state index is 12.0. The molecule has 22 heavy (non-hydrogen) atoms. The Kier molecular flexibility index (Phi) is 5.50. The number of pyridine rings is 1. The van der Waals surface area contributed by atoms with Crippen LogP contribution in [0.3, 0.4) is 0 Å². The number of hydrogen-bond donors (Lipinski definition) is 3. The van der Waals surface area contributed by atoms with Crippen molar-refractivity contribution < 1.29 is 14.6 Å². The van der Waals surface area contributed by atoms with Crippen LogP contribution in [0, 0.1) is 5.41 Å². The van der Waals surface area contributed by atoms with Gasteiger partial charge in [0.2, 0.25) is 0 Å². The first-order valence-corrected chi connectivity index (χ1v) is 7.58. The number of aliphatic hydroxyl groups is 1. The molecule has 0 aliphatic carbocycles. The Hall–Kier alpha value is -1.50. The number of nitrogens with one attached hydrogen (secondary N) is 2. The first kappa shape index (κ1) is 16.9. The van der Waals surface area contributed by atoms with Gasteiger partial charge >= 0.3 is 0 Å². The minimum absolute atomic E-state index is 0.0953. The van der Waals surface area contributed by atoms with Crippen LogP contribution in [0.5, 0.6) is 0 Å². The van der Waals surface area contributed by atoms with Gasteiger partial charge in [-0.05, 0) is 17.5 Å². The summed E-state index contributed by atoms with van der Waals surface area (Å²) in [6, 6.07) is 3.20. The lowest BCUT2D eigenvalue weighted by Gasteiger charge is -2.24. The summed E-state index contributed by atoms with van der Waals surface area (Å²) in [6.07, 6.45) is 2.13. The summed E-state index contributed by atoms with van der Waals surface area (Å²) in [5.74, 6) is -0.190. The normalized spacial score (nSPS) is 25.2. The Labute approximate surface area is 131 Å². The van der Waals surface area contributed by atoms with Gasteiger partial charge in [0, 0.05) is 31.0 Å². The van der Waals surface area contributed by atoms with Gasteiger partial charge in [-0.25, -0.2) is 0 Å². The molecule has 1 aromatic heterocycles. The number of rotatable bonds is 5. The van der Waals surface area contributed by atoms with Gasteiger partial charge < -0.3 is 20.5 Å². The first-order chi connectivity index (χ1) is 10.4. The number of aliphatic hydroxyl groups excluding tert-OH is 1. The molecule has 0 bridgehead atoms. The number of carbonyl (C=O) groups excluding carboxylic acids is 1. The van der Waals surface area contributed by atoms with E-state index < -0.39 is 6.10 Å². The molecule has 1 saturated heterocycles. The SMILES string of the molecule is CC(C)(C)CNC1COC(CNC(=O)c2ccncc2)C1O. The predicted molar refractivity (Wildman–Crippen MR) is 83.6 cm³/mol. The zero-order valence-electron chi connectivity index (χ0n) is 13.4. The first-order valence-electron chi connectivity index (χ1n) is 7.58. The van der Waals surface area contributed by atoms with Crippen molar-refractivity contribution in [3.63, 3.8) is 0 Å². The van der Waals surface area contributed by atoms with E-state index in [4.69, 9.17) is 4.74 Å². The lowest BCUT2D eigenvalue weighted by molar-refractivity contribution is 0.0397. The smallest absolute Gasteiger partial charge is 0.251 e. The molecule has 0 aromatic carbocycles. The van der Waals surface area contributed by atoms with E-state index in [-0.39, 0.29) is 30.0 Å². The Morgan fingerprint density at radius 2 is 2.09 bits per heavy atom. The summed E-state index contributed by atoms with van der Waals surface area (Å²) in [6.45, 7) is 7.94. The van der Waals surface area contributed by atoms with Gasteiger partial charge in [0.15, 0.2) is 0 Å². The van der Waals surface area contributed by atoms with Gasteiger partial charge in [0.25, 0.3) is 5.91 Å². The second-order valence-corrected chi connectivity index (χ2v) is 6.86. The maximum absolute atomic E-state index is 12.0. The van der Waals surface area contributed by atoms with Crippen LogP contribution < -0.4 is 10.6 Å². The molecular formula is C16H25N3O3. The lowest BCUT2D eigenvalue weighted by Crippen LogP contribution is -2.46. The topological polar surface area (TPSA) is 83.5 Å². The number of aromatic nitrogens is 1. The van der Waals surface area contributed by atoms with Crippen molar-refractivity contribution in [3.05, 3.63) is 30.1 Å². The van der Waals surface area contributed by atoms with Gasteiger partial charge in [-0.1, -0.05) is 20.8 Å². The molecule has 1 aliphatic heterocycles. The predicted octanol–water partition coefficient (Wildman–Crippen LogP) is 0.575. The van der Waals surface area contributed by atoms with Crippen LogP contribution >= 0.6 is 0 Å². The third kappa shape index (κ3) is 4.76. The Balaban J connectivity index is 1.79. The third-order valence-corrected chi connectivity index (χ3v) is 3.58. The summed E-state index contributed by atoms with van der Waals surface area (Å²) in [7, 11) is 0. The van der Waals surface area contributed by atoms with Crippen molar-refractivity contribution in [1.29, 1.82) is 0 Å². The zero-order chi connectivity index (χ0) is 16.2. The fourth-order valence-corrected chi connectivity index (χ4v) is 2.28. The highest BCUT2D eigenvalue weighted by Gasteiger charge is 2.36. The van der Waals surface area contributed by atoms with Crippen LogP contribution in [0.1, 0.15) is 31.1 Å². The molecule has 1 aromatic rings. The van der Waals surface area contributed by atoms with Crippen LogP contribution in [0.25, 0.3) is 0 Å². The number of carbonyl (C=O) groups is 1. The van der Waals surface area contributed by atoms with Crippen LogP contribution in [0.4, 0.5) is 0 Å². The second kappa shape index (κ2) is 7.17. The standard InChI is InChI=1S/C16H25N3O3/c1-16(2,3)10-19-12-9-22-13(14(12)20)8-18-15(21)11-4-6-17-7-5-11/h4-7,12-14,19-20H,8-10H2,1-3H3,(H,18,21). The van der Waals surface area contributed by atoms with Gasteiger partial charge in [-0.2, -0.15) is 0 Å². The van der Waals surface area contributed by atoms with E-state index in [9.17, 15) is 9.90 Å². The Bertz CT molecular complexity index is 487. The van der Waals surface area contributed by atoms with Gasteiger partial charge in [0.05, 0.1) is 18.8 Å². The molecule has 1 aliphatic rings. The van der Waals surface area contributed by atoms with Crippen LogP contribution in [-0.4, -0.2) is 53.9 Å². The van der Waals surface area contributed by atoms with Crippen molar-refractivity contribution in [2.45, 2.75) is 39.0 Å². The lowest BCUT2D eigenvalue weighted by atomic mass is 9.96. The molecule has 3 N–H and O–H groups in total. The average molecular weight is 307 g/mol. The monoisotopic (exact) mass is 307 g/mol. The van der Waals surface area contributed by atoms with E-state index in [0.29, 0.717) is 12.2 Å². The Morgan fingerprint density at radius 3 is 2.73 bits per heavy atom. The summed E-state index contributed by atoms with van der Waals surface area (Å²) < 4.78 is 5.59. The highest BCUT2D eigenvalue weighted by atomic mass is 16.5. The average Bonchev–Trinajstić information content (AvgIpc) is 2.83. The highest BCUT2D eigenvalue weighted by molar-refractivity contribution is 5.93. The molecule has 1 fully saturated rings. The number of nitrogens with zero attached hydrogens (tertiary/aromatic N) is 1. The minimum Gasteiger partial charge on any atom is -0.389 e. The molecule has 122 valence electrons. The van der Waals surface area contributed by atoms with Gasteiger partial charge in [-0.15, -0.1) is 0 Å². The van der Waals surface area contributed by atoms with Crippen LogP contribution in [-0.2, 0) is 4.74 Å². The quantitative estimate of drug-likeness (QED) is 0.741. The summed E-state index contributed by atoms with van der Waals surface area (Å²) in [5, 5.41) is 16.4. The Morgan fingerprint density at radius 1 is 1.41 bits per heavy atom. The molecule has 0 radical (unpaired) electrons. The zero-order valence-corrected chi connectivity index (χ0v) is 13.4. The molecule has 1 amide bonds. The van der Waals surface area contributed by atoms with Gasteiger partial charge in [0.1, 0.15) is 6.10 Å². The fraction of sp³-hybridized carbons (Fsp3) is 0.625. The highest BCUT2D eigenvalue weighted by Crippen LogP contribution is 2.17.